The second-order valence-corrected chi connectivity index (χ2v) is 4.57. The minimum absolute atomic E-state index is 0.0781. The molecule has 0 aliphatic carbocycles. The van der Waals surface area contributed by atoms with Crippen LogP contribution in [0.2, 0.25) is 0 Å². The van der Waals surface area contributed by atoms with E-state index in [2.05, 4.69) is 21.4 Å². The smallest absolute Gasteiger partial charge is 0.173 e. The highest BCUT2D eigenvalue weighted by Crippen LogP contribution is 2.31. The summed E-state index contributed by atoms with van der Waals surface area (Å²) in [5, 5.41) is 0. The highest BCUT2D eigenvalue weighted by molar-refractivity contribution is 9.10. The first-order chi connectivity index (χ1) is 8.65. The molecule has 2 nitrogen and oxygen atoms in total. The normalized spacial score (nSPS) is 12.4. The predicted octanol–water partition coefficient (Wildman–Crippen LogP) is 3.28. The van der Waals surface area contributed by atoms with Crippen molar-refractivity contribution >= 4 is 15.9 Å². The number of nitrogens with one attached hydrogen (secondary N) is 1. The molecule has 0 aliphatic rings. The van der Waals surface area contributed by atoms with Crippen molar-refractivity contribution in [1.29, 1.82) is 0 Å². The molecular weight excluding hydrogens is 302 g/mol. The zero-order valence-electron chi connectivity index (χ0n) is 9.33. The maximum absolute atomic E-state index is 13.5. The molecule has 0 bridgehead atoms. The van der Waals surface area contributed by atoms with Crippen molar-refractivity contribution in [3.63, 3.8) is 0 Å². The van der Waals surface area contributed by atoms with Gasteiger partial charge in [-0.3, -0.25) is 5.84 Å². The zero-order chi connectivity index (χ0) is 13.1. The van der Waals surface area contributed by atoms with Crippen LogP contribution in [-0.2, 0) is 0 Å². The van der Waals surface area contributed by atoms with Gasteiger partial charge in [-0.1, -0.05) is 36.4 Å². The van der Waals surface area contributed by atoms with Gasteiger partial charge in [-0.15, -0.1) is 0 Å². The van der Waals surface area contributed by atoms with E-state index in [0.29, 0.717) is 5.56 Å². The van der Waals surface area contributed by atoms with E-state index in [-0.39, 0.29) is 4.47 Å². The summed E-state index contributed by atoms with van der Waals surface area (Å²) in [6.45, 7) is 0. The van der Waals surface area contributed by atoms with Gasteiger partial charge in [-0.25, -0.2) is 14.2 Å². The summed E-state index contributed by atoms with van der Waals surface area (Å²) in [5.74, 6) is 3.70. The van der Waals surface area contributed by atoms with Gasteiger partial charge in [-0.05, 0) is 33.1 Å². The molecule has 1 atom stereocenters. The Morgan fingerprint density at radius 1 is 1.06 bits per heavy atom. The first-order valence-corrected chi connectivity index (χ1v) is 6.09. The molecule has 2 aromatic carbocycles. The van der Waals surface area contributed by atoms with E-state index in [4.69, 9.17) is 5.84 Å². The van der Waals surface area contributed by atoms with Crippen LogP contribution in [0, 0.1) is 11.6 Å². The number of benzene rings is 2. The summed E-state index contributed by atoms with van der Waals surface area (Å²) < 4.78 is 26.7. The molecule has 0 spiro atoms. The summed E-state index contributed by atoms with van der Waals surface area (Å²) in [5.41, 5.74) is 4.01. The number of hydrogen-bond donors (Lipinski definition) is 2. The van der Waals surface area contributed by atoms with E-state index < -0.39 is 17.7 Å². The molecule has 0 heterocycles. The summed E-state index contributed by atoms with van der Waals surface area (Å²) >= 11 is 3.06. The number of nitrogens with two attached hydrogens (primary N) is 1. The molecule has 0 radical (unpaired) electrons. The van der Waals surface area contributed by atoms with Gasteiger partial charge >= 0.3 is 0 Å². The van der Waals surface area contributed by atoms with Crippen LogP contribution in [0.25, 0.3) is 0 Å². The predicted molar refractivity (Wildman–Crippen MR) is 69.7 cm³/mol. The third-order valence-corrected chi connectivity index (χ3v) is 3.48. The molecule has 0 saturated carbocycles. The maximum atomic E-state index is 13.5. The Morgan fingerprint density at radius 2 is 1.72 bits per heavy atom. The topological polar surface area (TPSA) is 38.0 Å². The largest absolute Gasteiger partial charge is 0.271 e. The molecule has 0 aromatic heterocycles. The Morgan fingerprint density at radius 3 is 2.33 bits per heavy atom. The first kappa shape index (κ1) is 13.1. The minimum atomic E-state index is -0.913. The number of halogens is 3. The van der Waals surface area contributed by atoms with E-state index >= 15 is 0 Å². The average molecular weight is 313 g/mol. The van der Waals surface area contributed by atoms with Gasteiger partial charge in [0.05, 0.1) is 10.5 Å². The van der Waals surface area contributed by atoms with Gasteiger partial charge in [0.1, 0.15) is 0 Å². The first-order valence-electron chi connectivity index (χ1n) is 5.29. The Hall–Kier alpha value is -1.30. The zero-order valence-corrected chi connectivity index (χ0v) is 10.9. The SMILES string of the molecule is NNC(c1ccccc1)c1ccc(F)c(F)c1Br. The van der Waals surface area contributed by atoms with E-state index in [1.165, 1.54) is 6.07 Å². The molecule has 18 heavy (non-hydrogen) atoms. The molecular formula is C13H11BrF2N2. The molecule has 0 fully saturated rings. The number of hydrogen-bond acceptors (Lipinski definition) is 2. The van der Waals surface area contributed by atoms with Crippen molar-refractivity contribution in [3.05, 3.63) is 69.7 Å². The third-order valence-electron chi connectivity index (χ3n) is 2.68. The summed E-state index contributed by atoms with van der Waals surface area (Å²) in [7, 11) is 0. The molecule has 0 saturated heterocycles. The van der Waals surface area contributed by atoms with Crippen molar-refractivity contribution < 1.29 is 8.78 Å². The van der Waals surface area contributed by atoms with Crippen LogP contribution in [0.1, 0.15) is 17.2 Å². The molecule has 0 aliphatic heterocycles. The molecule has 2 aromatic rings. The standard InChI is InChI=1S/C13H11BrF2N2/c14-11-9(6-7-10(15)12(11)16)13(18-17)8-4-2-1-3-5-8/h1-7,13,18H,17H2. The van der Waals surface area contributed by atoms with Crippen molar-refractivity contribution in [2.24, 2.45) is 5.84 Å². The second kappa shape index (κ2) is 5.56. The van der Waals surface area contributed by atoms with Crippen LogP contribution >= 0.6 is 15.9 Å². The minimum Gasteiger partial charge on any atom is -0.271 e. The van der Waals surface area contributed by atoms with Crippen LogP contribution in [0.4, 0.5) is 8.78 Å². The number of hydrazine groups is 1. The van der Waals surface area contributed by atoms with E-state index in [1.54, 1.807) is 0 Å². The number of rotatable bonds is 3. The van der Waals surface area contributed by atoms with Gasteiger partial charge in [0.2, 0.25) is 0 Å². The summed E-state index contributed by atoms with van der Waals surface area (Å²) in [4.78, 5) is 0. The third kappa shape index (κ3) is 2.43. The molecule has 2 rings (SSSR count). The fourth-order valence-electron chi connectivity index (χ4n) is 1.77. The van der Waals surface area contributed by atoms with Gasteiger partial charge in [0.25, 0.3) is 0 Å². The van der Waals surface area contributed by atoms with Crippen LogP contribution in [0.5, 0.6) is 0 Å². The fraction of sp³-hybridized carbons (Fsp3) is 0.0769. The van der Waals surface area contributed by atoms with Crippen LogP contribution in [-0.4, -0.2) is 0 Å². The molecule has 0 amide bonds. The maximum Gasteiger partial charge on any atom is 0.173 e. The Kier molecular flexibility index (Phi) is 4.06. The van der Waals surface area contributed by atoms with Crippen LogP contribution in [0.3, 0.4) is 0 Å². The van der Waals surface area contributed by atoms with E-state index in [1.807, 2.05) is 30.3 Å². The lowest BCUT2D eigenvalue weighted by molar-refractivity contribution is 0.498. The van der Waals surface area contributed by atoms with Gasteiger partial charge < -0.3 is 0 Å². The second-order valence-electron chi connectivity index (χ2n) is 3.77. The van der Waals surface area contributed by atoms with E-state index in [0.717, 1.165) is 11.6 Å². The van der Waals surface area contributed by atoms with Crippen molar-refractivity contribution in [3.8, 4) is 0 Å². The lowest BCUT2D eigenvalue weighted by Crippen LogP contribution is -2.29. The van der Waals surface area contributed by atoms with E-state index in [9.17, 15) is 8.78 Å². The Bertz CT molecular complexity index is 546. The molecule has 1 unspecified atom stereocenters. The fourth-order valence-corrected chi connectivity index (χ4v) is 2.33. The average Bonchev–Trinajstić information content (AvgIpc) is 2.41. The quantitative estimate of drug-likeness (QED) is 0.518. The van der Waals surface area contributed by atoms with Crippen molar-refractivity contribution in [2.75, 3.05) is 0 Å². The van der Waals surface area contributed by atoms with Crippen molar-refractivity contribution in [1.82, 2.24) is 5.43 Å². The Balaban J connectivity index is 2.50. The highest BCUT2D eigenvalue weighted by atomic mass is 79.9. The van der Waals surface area contributed by atoms with Gasteiger partial charge in [0, 0.05) is 0 Å². The summed E-state index contributed by atoms with van der Waals surface area (Å²) in [6, 6.07) is 11.5. The van der Waals surface area contributed by atoms with Crippen LogP contribution < -0.4 is 11.3 Å². The lowest BCUT2D eigenvalue weighted by Gasteiger charge is -2.18. The van der Waals surface area contributed by atoms with Gasteiger partial charge in [0.15, 0.2) is 11.6 Å². The molecule has 3 N–H and O–H groups in total. The van der Waals surface area contributed by atoms with Gasteiger partial charge in [-0.2, -0.15) is 0 Å². The lowest BCUT2D eigenvalue weighted by atomic mass is 9.99. The van der Waals surface area contributed by atoms with Crippen molar-refractivity contribution in [2.45, 2.75) is 6.04 Å². The summed E-state index contributed by atoms with van der Waals surface area (Å²) in [6.07, 6.45) is 0. The highest BCUT2D eigenvalue weighted by Gasteiger charge is 2.19. The monoisotopic (exact) mass is 312 g/mol. The molecule has 5 heteroatoms. The van der Waals surface area contributed by atoms with Crippen LogP contribution in [0.15, 0.2) is 46.9 Å². The molecule has 94 valence electrons. The Labute approximate surface area is 112 Å².